The Labute approximate surface area is 136 Å². The molecule has 2 heterocycles. The first kappa shape index (κ1) is 14.8. The molecule has 0 aliphatic carbocycles. The van der Waals surface area contributed by atoms with Gasteiger partial charge in [-0.3, -0.25) is 5.43 Å². The van der Waals surface area contributed by atoms with Crippen LogP contribution < -0.4 is 5.43 Å². The molecule has 4 nitrogen and oxygen atoms in total. The third kappa shape index (κ3) is 2.94. The number of hydrogen-bond donors (Lipinski definition) is 1. The number of nitrogens with zero attached hydrogens (tertiary/aromatic N) is 1. The normalized spacial score (nSPS) is 18.5. The van der Waals surface area contributed by atoms with Crippen LogP contribution in [0.5, 0.6) is 0 Å². The average Bonchev–Trinajstić information content (AvgIpc) is 2.92. The maximum atomic E-state index is 11.9. The molecule has 3 rings (SSSR count). The zero-order chi connectivity index (χ0) is 15.0. The Kier molecular flexibility index (Phi) is 3.96. The topological polar surface area (TPSA) is 58.5 Å². The molecule has 8 heteroatoms. The highest BCUT2D eigenvalue weighted by atomic mass is 35.5. The summed E-state index contributed by atoms with van der Waals surface area (Å²) in [4.78, 5) is 0. The molecule has 1 aliphatic rings. The summed E-state index contributed by atoms with van der Waals surface area (Å²) < 4.78 is 24.3. The Bertz CT molecular complexity index is 828. The van der Waals surface area contributed by atoms with Gasteiger partial charge in [-0.2, -0.15) is 5.10 Å². The van der Waals surface area contributed by atoms with E-state index in [4.69, 9.17) is 23.2 Å². The monoisotopic (exact) mass is 360 g/mol. The van der Waals surface area contributed by atoms with Gasteiger partial charge in [0.1, 0.15) is 4.21 Å². The van der Waals surface area contributed by atoms with E-state index in [-0.39, 0.29) is 5.75 Å². The van der Waals surface area contributed by atoms with Crippen LogP contribution in [0.2, 0.25) is 10.0 Å². The number of hydrogen-bond acceptors (Lipinski definition) is 5. The second-order valence-electron chi connectivity index (χ2n) is 4.49. The van der Waals surface area contributed by atoms with Gasteiger partial charge < -0.3 is 0 Å². The first-order valence-electron chi connectivity index (χ1n) is 6.05. The fourth-order valence-corrected chi connectivity index (χ4v) is 5.18. The number of hydrazone groups is 1. The quantitative estimate of drug-likeness (QED) is 0.821. The first-order chi connectivity index (χ1) is 9.97. The third-order valence-corrected chi connectivity index (χ3v) is 6.92. The second kappa shape index (κ2) is 5.61. The van der Waals surface area contributed by atoms with Gasteiger partial charge in [-0.15, -0.1) is 11.3 Å². The van der Waals surface area contributed by atoms with Gasteiger partial charge in [0.2, 0.25) is 0 Å². The predicted molar refractivity (Wildman–Crippen MR) is 87.6 cm³/mol. The smallest absolute Gasteiger partial charge is 0.188 e. The molecule has 1 aromatic heterocycles. The predicted octanol–water partition coefficient (Wildman–Crippen LogP) is 4.05. The molecule has 1 aliphatic heterocycles. The molecular formula is C13H10Cl2N2O2S2. The number of benzene rings is 1. The minimum atomic E-state index is -3.17. The molecule has 1 aromatic carbocycles. The molecular weight excluding hydrogens is 351 g/mol. The van der Waals surface area contributed by atoms with Crippen molar-refractivity contribution >= 4 is 55.8 Å². The molecule has 0 spiro atoms. The van der Waals surface area contributed by atoms with Crippen LogP contribution >= 0.6 is 34.5 Å². The summed E-state index contributed by atoms with van der Waals surface area (Å²) in [5, 5.41) is 7.10. The molecule has 21 heavy (non-hydrogen) atoms. The summed E-state index contributed by atoms with van der Waals surface area (Å²) in [6.07, 6.45) is 0.372. The lowest BCUT2D eigenvalue weighted by atomic mass is 10.1. The molecule has 0 saturated heterocycles. The fourth-order valence-electron chi connectivity index (χ4n) is 2.04. The maximum absolute atomic E-state index is 11.9. The van der Waals surface area contributed by atoms with Gasteiger partial charge in [0, 0.05) is 17.0 Å². The molecule has 0 atom stereocenters. The minimum absolute atomic E-state index is 0.0737. The number of nitrogens with one attached hydrogen (secondary N) is 1. The van der Waals surface area contributed by atoms with Crippen molar-refractivity contribution in [3.05, 3.63) is 45.3 Å². The molecule has 0 unspecified atom stereocenters. The minimum Gasteiger partial charge on any atom is -0.277 e. The van der Waals surface area contributed by atoms with Gasteiger partial charge in [0.05, 0.1) is 22.2 Å². The fraction of sp³-hybridized carbons (Fsp3) is 0.154. The van der Waals surface area contributed by atoms with Crippen LogP contribution in [0.1, 0.15) is 12.0 Å². The van der Waals surface area contributed by atoms with Crippen LogP contribution in [0.25, 0.3) is 0 Å². The van der Waals surface area contributed by atoms with E-state index in [1.54, 1.807) is 29.6 Å². The lowest BCUT2D eigenvalue weighted by molar-refractivity contribution is 0.597. The van der Waals surface area contributed by atoms with Crippen LogP contribution in [0.15, 0.2) is 39.0 Å². The van der Waals surface area contributed by atoms with Crippen molar-refractivity contribution in [1.29, 1.82) is 0 Å². The Balaban J connectivity index is 1.94. The SMILES string of the molecule is O=S1(=O)CC/C(=N\Nc2cc(Cl)ccc2Cl)c2ccsc21. The van der Waals surface area contributed by atoms with E-state index in [9.17, 15) is 8.42 Å². The number of fused-ring (bicyclic) bond motifs is 1. The van der Waals surface area contributed by atoms with Gasteiger partial charge in [-0.25, -0.2) is 8.42 Å². The molecule has 0 amide bonds. The van der Waals surface area contributed by atoms with Crippen LogP contribution in [-0.4, -0.2) is 19.9 Å². The Morgan fingerprint density at radius 2 is 2.05 bits per heavy atom. The van der Waals surface area contributed by atoms with E-state index < -0.39 is 9.84 Å². The van der Waals surface area contributed by atoms with Crippen LogP contribution in [-0.2, 0) is 9.84 Å². The Morgan fingerprint density at radius 3 is 2.86 bits per heavy atom. The van der Waals surface area contributed by atoms with Crippen LogP contribution in [0, 0.1) is 0 Å². The van der Waals surface area contributed by atoms with Crippen molar-refractivity contribution < 1.29 is 8.42 Å². The summed E-state index contributed by atoms with van der Waals surface area (Å²) in [5.74, 6) is 0.0737. The van der Waals surface area contributed by atoms with Crippen molar-refractivity contribution in [1.82, 2.24) is 0 Å². The van der Waals surface area contributed by atoms with Gasteiger partial charge >= 0.3 is 0 Å². The highest BCUT2D eigenvalue weighted by Crippen LogP contribution is 2.31. The van der Waals surface area contributed by atoms with E-state index in [1.165, 1.54) is 11.3 Å². The molecule has 0 saturated carbocycles. The summed E-state index contributed by atoms with van der Waals surface area (Å²) >= 11 is 13.2. The summed E-state index contributed by atoms with van der Waals surface area (Å²) in [5.41, 5.74) is 4.82. The number of rotatable bonds is 2. The van der Waals surface area contributed by atoms with Crippen molar-refractivity contribution in [2.75, 3.05) is 11.2 Å². The standard InChI is InChI=1S/C13H10Cl2N2O2S2/c14-8-1-2-10(15)12(7-8)17-16-11-4-6-21(18,19)13-9(11)3-5-20-13/h1-3,5,7,17H,4,6H2/b16-11+. The van der Waals surface area contributed by atoms with E-state index in [0.717, 1.165) is 0 Å². The maximum Gasteiger partial charge on any atom is 0.188 e. The molecule has 2 aromatic rings. The van der Waals surface area contributed by atoms with Crippen LogP contribution in [0.4, 0.5) is 5.69 Å². The van der Waals surface area contributed by atoms with E-state index in [0.29, 0.717) is 37.6 Å². The number of anilines is 1. The molecule has 0 bridgehead atoms. The Morgan fingerprint density at radius 1 is 1.24 bits per heavy atom. The summed E-state index contributed by atoms with van der Waals surface area (Å²) in [6, 6.07) is 6.80. The van der Waals surface area contributed by atoms with Gasteiger partial charge in [0.15, 0.2) is 9.84 Å². The van der Waals surface area contributed by atoms with Crippen molar-refractivity contribution in [2.45, 2.75) is 10.6 Å². The first-order valence-corrected chi connectivity index (χ1v) is 9.34. The molecule has 110 valence electrons. The number of sulfone groups is 1. The van der Waals surface area contributed by atoms with Gasteiger partial charge in [0.25, 0.3) is 0 Å². The lowest BCUT2D eigenvalue weighted by Gasteiger charge is -2.14. The summed E-state index contributed by atoms with van der Waals surface area (Å²) in [6.45, 7) is 0. The Hall–Kier alpha value is -1.08. The van der Waals surface area contributed by atoms with E-state index in [2.05, 4.69) is 10.5 Å². The highest BCUT2D eigenvalue weighted by molar-refractivity contribution is 7.93. The number of halogens is 2. The van der Waals surface area contributed by atoms with Crippen molar-refractivity contribution in [3.8, 4) is 0 Å². The largest absolute Gasteiger partial charge is 0.277 e. The van der Waals surface area contributed by atoms with Gasteiger partial charge in [-0.05, 0) is 29.6 Å². The molecule has 0 radical (unpaired) electrons. The molecule has 0 fully saturated rings. The zero-order valence-corrected chi connectivity index (χ0v) is 13.8. The molecule has 1 N–H and O–H groups in total. The zero-order valence-electron chi connectivity index (χ0n) is 10.6. The van der Waals surface area contributed by atoms with E-state index >= 15 is 0 Å². The number of thiophene rings is 1. The second-order valence-corrected chi connectivity index (χ2v) is 8.55. The summed E-state index contributed by atoms with van der Waals surface area (Å²) in [7, 11) is -3.17. The van der Waals surface area contributed by atoms with Gasteiger partial charge in [-0.1, -0.05) is 23.2 Å². The third-order valence-electron chi connectivity index (χ3n) is 3.07. The van der Waals surface area contributed by atoms with Crippen LogP contribution in [0.3, 0.4) is 0 Å². The van der Waals surface area contributed by atoms with E-state index in [1.807, 2.05) is 0 Å². The average molecular weight is 361 g/mol. The lowest BCUT2D eigenvalue weighted by Crippen LogP contribution is -2.20. The highest BCUT2D eigenvalue weighted by Gasteiger charge is 2.29. The van der Waals surface area contributed by atoms with Crippen molar-refractivity contribution in [2.24, 2.45) is 5.10 Å². The van der Waals surface area contributed by atoms with Crippen molar-refractivity contribution in [3.63, 3.8) is 0 Å².